The van der Waals surface area contributed by atoms with Crippen molar-refractivity contribution in [2.75, 3.05) is 39.5 Å². The van der Waals surface area contributed by atoms with Crippen molar-refractivity contribution in [1.29, 1.82) is 0 Å². The van der Waals surface area contributed by atoms with Crippen molar-refractivity contribution in [3.8, 4) is 0 Å². The number of allylic oxidation sites excluding steroid dienone is 1. The summed E-state index contributed by atoms with van der Waals surface area (Å²) >= 11 is 0. The van der Waals surface area contributed by atoms with Gasteiger partial charge in [0.25, 0.3) is 0 Å². The molecular formula is C56H107NO4. The Kier molecular flexibility index (Phi) is 35.0. The third-order valence-corrected chi connectivity index (χ3v) is 14.1. The maximum absolute atomic E-state index is 12.9. The summed E-state index contributed by atoms with van der Waals surface area (Å²) in [4.78, 5) is 15.6. The molecule has 2 atom stereocenters. The molecule has 0 unspecified atom stereocenters. The lowest BCUT2D eigenvalue weighted by Gasteiger charge is -2.27. The fourth-order valence-corrected chi connectivity index (χ4v) is 9.84. The lowest BCUT2D eigenvalue weighted by Crippen LogP contribution is -2.34. The minimum Gasteiger partial charge on any atom is -0.489 e. The SMILES string of the molecule is C=C=C(OCCCC(CCCCC)CCCCC)C(C)(C)CCCCCCN1C[C@H](C)C[C@H]1COCCCCCCC(C)(C)C(=O)OCCCC(CCCCC)CCCCC. The molecule has 0 aromatic heterocycles. The largest absolute Gasteiger partial charge is 0.489 e. The third kappa shape index (κ3) is 29.0. The molecule has 0 aromatic carbocycles. The molecule has 5 nitrogen and oxygen atoms in total. The predicted molar refractivity (Wildman–Crippen MR) is 265 cm³/mol. The van der Waals surface area contributed by atoms with E-state index in [-0.39, 0.29) is 11.4 Å². The highest BCUT2D eigenvalue weighted by Crippen LogP contribution is 2.34. The first kappa shape index (κ1) is 57.7. The van der Waals surface area contributed by atoms with E-state index in [1.54, 1.807) is 0 Å². The summed E-state index contributed by atoms with van der Waals surface area (Å²) < 4.78 is 18.4. The van der Waals surface area contributed by atoms with Crippen LogP contribution in [0.3, 0.4) is 0 Å². The van der Waals surface area contributed by atoms with Crippen LogP contribution in [0.15, 0.2) is 18.1 Å². The summed E-state index contributed by atoms with van der Waals surface area (Å²) in [6.07, 6.45) is 39.0. The first-order chi connectivity index (χ1) is 29.4. The van der Waals surface area contributed by atoms with Gasteiger partial charge in [-0.1, -0.05) is 202 Å². The van der Waals surface area contributed by atoms with Crippen molar-refractivity contribution < 1.29 is 19.0 Å². The Morgan fingerprint density at radius 3 is 1.56 bits per heavy atom. The second kappa shape index (κ2) is 37.0. The van der Waals surface area contributed by atoms with E-state index in [1.807, 2.05) is 0 Å². The van der Waals surface area contributed by atoms with E-state index in [4.69, 9.17) is 14.2 Å². The zero-order valence-corrected chi connectivity index (χ0v) is 42.8. The van der Waals surface area contributed by atoms with Crippen LogP contribution in [0.5, 0.6) is 0 Å². The van der Waals surface area contributed by atoms with Gasteiger partial charge in [0.15, 0.2) is 0 Å². The molecule has 1 heterocycles. The second-order valence-corrected chi connectivity index (χ2v) is 21.2. The van der Waals surface area contributed by atoms with Gasteiger partial charge in [-0.05, 0) is 95.9 Å². The van der Waals surface area contributed by atoms with Crippen LogP contribution >= 0.6 is 0 Å². The highest BCUT2D eigenvalue weighted by molar-refractivity contribution is 5.75. The van der Waals surface area contributed by atoms with Gasteiger partial charge in [-0.3, -0.25) is 9.69 Å². The van der Waals surface area contributed by atoms with Gasteiger partial charge < -0.3 is 14.2 Å². The first-order valence-electron chi connectivity index (χ1n) is 27.0. The Hall–Kier alpha value is -1.29. The van der Waals surface area contributed by atoms with E-state index in [0.29, 0.717) is 12.6 Å². The molecule has 0 radical (unpaired) electrons. The number of unbranched alkanes of at least 4 members (excludes halogenated alkanes) is 14. The Balaban J connectivity index is 2.23. The van der Waals surface area contributed by atoms with E-state index < -0.39 is 5.41 Å². The van der Waals surface area contributed by atoms with Crippen molar-refractivity contribution in [2.45, 2.75) is 267 Å². The second-order valence-electron chi connectivity index (χ2n) is 21.2. The first-order valence-corrected chi connectivity index (χ1v) is 27.0. The van der Waals surface area contributed by atoms with Crippen LogP contribution in [-0.4, -0.2) is 56.4 Å². The van der Waals surface area contributed by atoms with Gasteiger partial charge in [0.1, 0.15) is 5.76 Å². The van der Waals surface area contributed by atoms with Gasteiger partial charge in [0.2, 0.25) is 0 Å². The molecule has 0 saturated carbocycles. The smallest absolute Gasteiger partial charge is 0.311 e. The maximum atomic E-state index is 12.9. The monoisotopic (exact) mass is 858 g/mol. The van der Waals surface area contributed by atoms with E-state index >= 15 is 0 Å². The van der Waals surface area contributed by atoms with E-state index in [9.17, 15) is 4.79 Å². The van der Waals surface area contributed by atoms with Gasteiger partial charge >= 0.3 is 5.97 Å². The highest BCUT2D eigenvalue weighted by Gasteiger charge is 2.30. The molecule has 1 saturated heterocycles. The van der Waals surface area contributed by atoms with E-state index in [0.717, 1.165) is 88.3 Å². The average molecular weight is 858 g/mol. The van der Waals surface area contributed by atoms with Crippen LogP contribution in [0, 0.1) is 28.6 Å². The number of carbonyl (C=O) groups excluding carboxylic acids is 1. The number of ether oxygens (including phenoxy) is 3. The van der Waals surface area contributed by atoms with Crippen molar-refractivity contribution in [2.24, 2.45) is 28.6 Å². The molecular weight excluding hydrogens is 751 g/mol. The Morgan fingerprint density at radius 2 is 1.05 bits per heavy atom. The number of esters is 1. The van der Waals surface area contributed by atoms with Gasteiger partial charge in [-0.15, -0.1) is 0 Å². The van der Waals surface area contributed by atoms with Crippen molar-refractivity contribution in [3.05, 3.63) is 18.1 Å². The van der Waals surface area contributed by atoms with Crippen LogP contribution in [0.1, 0.15) is 261 Å². The molecule has 0 amide bonds. The lowest BCUT2D eigenvalue weighted by atomic mass is 9.85. The number of likely N-dealkylation sites (tertiary alicyclic amines) is 1. The Morgan fingerprint density at radius 1 is 0.590 bits per heavy atom. The van der Waals surface area contributed by atoms with Crippen LogP contribution in [0.2, 0.25) is 0 Å². The number of nitrogens with zero attached hydrogens (tertiary/aromatic N) is 1. The molecule has 5 heteroatoms. The van der Waals surface area contributed by atoms with Gasteiger partial charge in [0.05, 0.1) is 25.2 Å². The number of hydrogen-bond acceptors (Lipinski definition) is 5. The molecule has 0 aliphatic carbocycles. The van der Waals surface area contributed by atoms with Gasteiger partial charge in [0, 0.05) is 24.6 Å². The van der Waals surface area contributed by atoms with Gasteiger partial charge in [-0.25, -0.2) is 0 Å². The summed E-state index contributed by atoms with van der Waals surface area (Å²) in [6, 6.07) is 0.564. The van der Waals surface area contributed by atoms with Crippen LogP contribution < -0.4 is 0 Å². The van der Waals surface area contributed by atoms with Crippen molar-refractivity contribution in [1.82, 2.24) is 4.90 Å². The predicted octanol–water partition coefficient (Wildman–Crippen LogP) is 17.0. The van der Waals surface area contributed by atoms with Gasteiger partial charge in [-0.2, -0.15) is 0 Å². The molecule has 0 bridgehead atoms. The van der Waals surface area contributed by atoms with Crippen molar-refractivity contribution >= 4 is 5.97 Å². The summed E-state index contributed by atoms with van der Waals surface area (Å²) in [6.45, 7) is 29.9. The topological polar surface area (TPSA) is 48.0 Å². The molecule has 1 rings (SSSR count). The fraction of sp³-hybridized carbons (Fsp3) is 0.929. The lowest BCUT2D eigenvalue weighted by molar-refractivity contribution is -0.154. The van der Waals surface area contributed by atoms with E-state index in [1.165, 1.54) is 167 Å². The zero-order valence-electron chi connectivity index (χ0n) is 42.8. The molecule has 0 spiro atoms. The fourth-order valence-electron chi connectivity index (χ4n) is 9.84. The molecule has 1 aliphatic rings. The van der Waals surface area contributed by atoms with Crippen molar-refractivity contribution in [3.63, 3.8) is 0 Å². The van der Waals surface area contributed by atoms with Crippen LogP contribution in [0.4, 0.5) is 0 Å². The molecule has 1 fully saturated rings. The normalized spacial score (nSPS) is 16.2. The average Bonchev–Trinajstić information content (AvgIpc) is 3.59. The standard InChI is InChI=1S/C56H107NO4/c1-11-16-24-34-50(35-25-17-12-2)38-32-44-60-53(15-5)55(7,8)40-28-20-22-30-42-57-47-49(6)46-52(57)48-59-43-31-23-21-29-41-56(9,10)54(58)61-45-33-39-51(36-26-18-13-3)37-27-19-14-4/h49-52H,5,11-14,16-48H2,1-4,6-10H3/t49-,52+/m1/s1. The minimum atomic E-state index is -0.400. The summed E-state index contributed by atoms with van der Waals surface area (Å²) in [5, 5.41) is 0. The van der Waals surface area contributed by atoms with E-state index in [2.05, 4.69) is 79.5 Å². The molecule has 0 N–H and O–H groups in total. The molecule has 1 aliphatic heterocycles. The summed E-state index contributed by atoms with van der Waals surface area (Å²) in [5.74, 6) is 3.37. The summed E-state index contributed by atoms with van der Waals surface area (Å²) in [5.41, 5.74) is 2.78. The zero-order chi connectivity index (χ0) is 45.0. The summed E-state index contributed by atoms with van der Waals surface area (Å²) in [7, 11) is 0. The number of carbonyl (C=O) groups is 1. The molecule has 61 heavy (non-hydrogen) atoms. The maximum Gasteiger partial charge on any atom is 0.311 e. The number of rotatable bonds is 43. The quantitative estimate of drug-likeness (QED) is 0.0265. The number of hydrogen-bond donors (Lipinski definition) is 0. The third-order valence-electron chi connectivity index (χ3n) is 14.1. The van der Waals surface area contributed by atoms with Crippen LogP contribution in [-0.2, 0) is 19.0 Å². The van der Waals surface area contributed by atoms with Crippen LogP contribution in [0.25, 0.3) is 0 Å². The molecule has 0 aromatic rings. The Bertz CT molecular complexity index is 1060. The molecule has 360 valence electrons. The highest BCUT2D eigenvalue weighted by atomic mass is 16.5. The Labute approximate surface area is 382 Å². The minimum absolute atomic E-state index is 0.00875.